The molecule has 1 heterocycles. The second-order valence-electron chi connectivity index (χ2n) is 4.07. The Morgan fingerprint density at radius 1 is 1.10 bits per heavy atom. The van der Waals surface area contributed by atoms with E-state index in [2.05, 4.69) is 5.32 Å². The van der Waals surface area contributed by atoms with E-state index < -0.39 is 24.0 Å². The zero-order valence-electron chi connectivity index (χ0n) is 10.4. The van der Waals surface area contributed by atoms with Gasteiger partial charge in [-0.05, 0) is 24.3 Å². The van der Waals surface area contributed by atoms with Crippen molar-refractivity contribution in [2.24, 2.45) is 0 Å². The fourth-order valence-electron chi connectivity index (χ4n) is 1.69. The third kappa shape index (κ3) is 3.11. The predicted octanol–water partition coefficient (Wildman–Crippen LogP) is 1.19. The molecule has 1 aromatic carbocycles. The Morgan fingerprint density at radius 2 is 1.80 bits per heavy atom. The number of anilines is 1. The second kappa shape index (κ2) is 5.83. The van der Waals surface area contributed by atoms with Crippen molar-refractivity contribution < 1.29 is 14.7 Å². The molecule has 0 unspecified atom stereocenters. The first kappa shape index (κ1) is 13.5. The number of nitrogens with one attached hydrogen (secondary N) is 1. The molecule has 2 N–H and O–H groups in total. The minimum atomic E-state index is -1.13. The van der Waals surface area contributed by atoms with E-state index >= 15 is 0 Å². The smallest absolute Gasteiger partial charge is 0.323 e. The SMILES string of the molecule is O=C(O)Cn1cccc(NC(=O)c2ccccc2)c1=O. The summed E-state index contributed by atoms with van der Waals surface area (Å²) in [6.07, 6.45) is 1.36. The number of rotatable bonds is 4. The summed E-state index contributed by atoms with van der Waals surface area (Å²) in [5.74, 6) is -1.55. The summed E-state index contributed by atoms with van der Waals surface area (Å²) in [5.41, 5.74) is -0.0951. The zero-order chi connectivity index (χ0) is 14.5. The molecule has 0 aliphatic heterocycles. The average Bonchev–Trinajstić information content (AvgIpc) is 2.43. The number of amides is 1. The van der Waals surface area contributed by atoms with E-state index in [0.29, 0.717) is 5.56 Å². The minimum Gasteiger partial charge on any atom is -0.480 e. The largest absolute Gasteiger partial charge is 0.480 e. The lowest BCUT2D eigenvalue weighted by Crippen LogP contribution is -2.27. The number of nitrogens with zero attached hydrogens (tertiary/aromatic N) is 1. The highest BCUT2D eigenvalue weighted by Crippen LogP contribution is 2.04. The summed E-state index contributed by atoms with van der Waals surface area (Å²) in [6.45, 7) is -0.451. The van der Waals surface area contributed by atoms with Crippen LogP contribution in [0, 0.1) is 0 Å². The number of hydrogen-bond acceptors (Lipinski definition) is 3. The van der Waals surface area contributed by atoms with Crippen LogP contribution in [0.3, 0.4) is 0 Å². The van der Waals surface area contributed by atoms with Crippen LogP contribution in [0.2, 0.25) is 0 Å². The third-order valence-corrected chi connectivity index (χ3v) is 2.61. The Bertz CT molecular complexity index is 692. The quantitative estimate of drug-likeness (QED) is 0.874. The standard InChI is InChI=1S/C14H12N2O4/c17-12(18)9-16-8-4-7-11(14(16)20)15-13(19)10-5-2-1-3-6-10/h1-8H,9H2,(H,15,19)(H,17,18). The molecule has 0 radical (unpaired) electrons. The Labute approximate surface area is 114 Å². The molecule has 0 bridgehead atoms. The van der Waals surface area contributed by atoms with Gasteiger partial charge in [-0.3, -0.25) is 14.4 Å². The van der Waals surface area contributed by atoms with Gasteiger partial charge in [0.05, 0.1) is 0 Å². The van der Waals surface area contributed by atoms with E-state index in [-0.39, 0.29) is 5.69 Å². The molecule has 0 aliphatic rings. The molecule has 6 heteroatoms. The minimum absolute atomic E-state index is 0.0441. The maximum atomic E-state index is 12.0. The van der Waals surface area contributed by atoms with Gasteiger partial charge in [0.2, 0.25) is 0 Å². The predicted molar refractivity (Wildman–Crippen MR) is 72.7 cm³/mol. The van der Waals surface area contributed by atoms with Crippen LogP contribution in [0.4, 0.5) is 5.69 Å². The number of carboxylic acids is 1. The molecule has 1 amide bonds. The van der Waals surface area contributed by atoms with Gasteiger partial charge in [-0.2, -0.15) is 0 Å². The normalized spacial score (nSPS) is 10.0. The molecule has 0 spiro atoms. The van der Waals surface area contributed by atoms with Crippen LogP contribution in [0.5, 0.6) is 0 Å². The summed E-state index contributed by atoms with van der Waals surface area (Å²) < 4.78 is 1.02. The molecule has 2 aromatic rings. The van der Waals surface area contributed by atoms with Crippen LogP contribution in [-0.4, -0.2) is 21.6 Å². The van der Waals surface area contributed by atoms with Gasteiger partial charge in [-0.25, -0.2) is 0 Å². The maximum Gasteiger partial charge on any atom is 0.323 e. The molecule has 1 aromatic heterocycles. The molecule has 0 fully saturated rings. The van der Waals surface area contributed by atoms with E-state index in [1.807, 2.05) is 0 Å². The van der Waals surface area contributed by atoms with Crippen LogP contribution in [0.25, 0.3) is 0 Å². The Balaban J connectivity index is 2.24. The van der Waals surface area contributed by atoms with Gasteiger partial charge in [0.1, 0.15) is 12.2 Å². The monoisotopic (exact) mass is 272 g/mol. The highest BCUT2D eigenvalue weighted by atomic mass is 16.4. The number of aromatic nitrogens is 1. The number of pyridine rings is 1. The maximum absolute atomic E-state index is 12.0. The van der Waals surface area contributed by atoms with Crippen LogP contribution in [0.15, 0.2) is 53.5 Å². The number of hydrogen-bond donors (Lipinski definition) is 2. The van der Waals surface area contributed by atoms with E-state index in [1.165, 1.54) is 18.3 Å². The lowest BCUT2D eigenvalue weighted by molar-refractivity contribution is -0.137. The number of carbonyl (C=O) groups is 2. The fourth-order valence-corrected chi connectivity index (χ4v) is 1.69. The van der Waals surface area contributed by atoms with Gasteiger partial charge in [0, 0.05) is 11.8 Å². The van der Waals surface area contributed by atoms with Gasteiger partial charge < -0.3 is 15.0 Å². The van der Waals surface area contributed by atoms with Crippen molar-refractivity contribution in [2.45, 2.75) is 6.54 Å². The Kier molecular flexibility index (Phi) is 3.95. The van der Waals surface area contributed by atoms with E-state index in [1.54, 1.807) is 30.3 Å². The zero-order valence-corrected chi connectivity index (χ0v) is 10.4. The fraction of sp³-hybridized carbons (Fsp3) is 0.0714. The molecule has 20 heavy (non-hydrogen) atoms. The van der Waals surface area contributed by atoms with Gasteiger partial charge >= 0.3 is 5.97 Å². The van der Waals surface area contributed by atoms with Gasteiger partial charge in [0.25, 0.3) is 11.5 Å². The van der Waals surface area contributed by atoms with Crippen LogP contribution < -0.4 is 10.9 Å². The Morgan fingerprint density at radius 3 is 2.45 bits per heavy atom. The highest BCUT2D eigenvalue weighted by molar-refractivity contribution is 6.04. The van der Waals surface area contributed by atoms with Crippen molar-refractivity contribution in [3.8, 4) is 0 Å². The van der Waals surface area contributed by atoms with Crippen molar-refractivity contribution in [2.75, 3.05) is 5.32 Å². The highest BCUT2D eigenvalue weighted by Gasteiger charge is 2.10. The van der Waals surface area contributed by atoms with Gasteiger partial charge in [-0.15, -0.1) is 0 Å². The number of benzene rings is 1. The van der Waals surface area contributed by atoms with E-state index in [0.717, 1.165) is 4.57 Å². The summed E-state index contributed by atoms with van der Waals surface area (Å²) in [7, 11) is 0. The van der Waals surface area contributed by atoms with Crippen LogP contribution >= 0.6 is 0 Å². The first-order chi connectivity index (χ1) is 9.58. The average molecular weight is 272 g/mol. The molecule has 102 valence electrons. The molecular weight excluding hydrogens is 260 g/mol. The van der Waals surface area contributed by atoms with Crippen molar-refractivity contribution in [1.82, 2.24) is 4.57 Å². The molecule has 6 nitrogen and oxygen atoms in total. The molecule has 0 atom stereocenters. The van der Waals surface area contributed by atoms with Crippen molar-refractivity contribution >= 4 is 17.6 Å². The molecule has 0 saturated heterocycles. The first-order valence-corrected chi connectivity index (χ1v) is 5.85. The number of carboxylic acid groups (broad SMARTS) is 1. The second-order valence-corrected chi connectivity index (χ2v) is 4.07. The van der Waals surface area contributed by atoms with Gasteiger partial charge in [0.15, 0.2) is 0 Å². The summed E-state index contributed by atoms with van der Waals surface area (Å²) in [5, 5.41) is 11.2. The third-order valence-electron chi connectivity index (χ3n) is 2.61. The van der Waals surface area contributed by atoms with Crippen molar-refractivity contribution in [3.05, 3.63) is 64.6 Å². The van der Waals surface area contributed by atoms with Crippen molar-refractivity contribution in [3.63, 3.8) is 0 Å². The summed E-state index contributed by atoms with van der Waals surface area (Å²) >= 11 is 0. The number of carbonyl (C=O) groups excluding carboxylic acids is 1. The molecule has 2 rings (SSSR count). The van der Waals surface area contributed by atoms with E-state index in [9.17, 15) is 14.4 Å². The lowest BCUT2D eigenvalue weighted by atomic mass is 10.2. The summed E-state index contributed by atoms with van der Waals surface area (Å²) in [6, 6.07) is 11.4. The van der Waals surface area contributed by atoms with Crippen LogP contribution in [-0.2, 0) is 11.3 Å². The lowest BCUT2D eigenvalue weighted by Gasteiger charge is -2.07. The van der Waals surface area contributed by atoms with Crippen LogP contribution in [0.1, 0.15) is 10.4 Å². The molecule has 0 saturated carbocycles. The van der Waals surface area contributed by atoms with Crippen molar-refractivity contribution in [1.29, 1.82) is 0 Å². The Hall–Kier alpha value is -2.89. The first-order valence-electron chi connectivity index (χ1n) is 5.85. The summed E-state index contributed by atoms with van der Waals surface area (Å²) in [4.78, 5) is 34.5. The number of aliphatic carboxylic acids is 1. The topological polar surface area (TPSA) is 88.4 Å². The molecular formula is C14H12N2O4. The van der Waals surface area contributed by atoms with Gasteiger partial charge in [-0.1, -0.05) is 18.2 Å². The van der Waals surface area contributed by atoms with E-state index in [4.69, 9.17) is 5.11 Å². The molecule has 0 aliphatic carbocycles.